The van der Waals surface area contributed by atoms with E-state index in [9.17, 15) is 0 Å². The van der Waals surface area contributed by atoms with E-state index in [1.165, 1.54) is 25.2 Å². The van der Waals surface area contributed by atoms with Gasteiger partial charge in [0.1, 0.15) is 5.82 Å². The van der Waals surface area contributed by atoms with Crippen LogP contribution in [-0.4, -0.2) is 42.0 Å². The van der Waals surface area contributed by atoms with Crippen molar-refractivity contribution in [3.63, 3.8) is 0 Å². The lowest BCUT2D eigenvalue weighted by Gasteiger charge is -2.32. The smallest absolute Gasteiger partial charge is 0.124 e. The maximum absolute atomic E-state index is 4.42. The number of aromatic nitrogens is 2. The normalized spacial score (nSPS) is 28.9. The number of piperidine rings is 1. The van der Waals surface area contributed by atoms with Crippen LogP contribution in [-0.2, 0) is 0 Å². The number of hydrogen-bond donors (Lipinski definition) is 3. The molecule has 18 heavy (non-hydrogen) atoms. The number of hydrogen-bond acceptors (Lipinski definition) is 4. The summed E-state index contributed by atoms with van der Waals surface area (Å²) in [5.41, 5.74) is 0. The third kappa shape index (κ3) is 2.37. The Balaban J connectivity index is 1.57. The Morgan fingerprint density at radius 3 is 3.11 bits per heavy atom. The van der Waals surface area contributed by atoms with Crippen LogP contribution in [0.1, 0.15) is 25.8 Å². The van der Waals surface area contributed by atoms with Gasteiger partial charge in [-0.3, -0.25) is 0 Å². The minimum absolute atomic E-state index is 0.532. The summed E-state index contributed by atoms with van der Waals surface area (Å²) in [4.78, 5) is 0. The molecular formula is C13H23N5. The molecule has 2 aliphatic heterocycles. The Morgan fingerprint density at radius 2 is 2.39 bits per heavy atom. The summed E-state index contributed by atoms with van der Waals surface area (Å²) in [6.07, 6.45) is 4.51. The summed E-state index contributed by atoms with van der Waals surface area (Å²) < 4.78 is 2.12. The second-order valence-electron chi connectivity index (χ2n) is 5.50. The Kier molecular flexibility index (Phi) is 3.52. The van der Waals surface area contributed by atoms with Crippen LogP contribution >= 0.6 is 0 Å². The van der Waals surface area contributed by atoms with Gasteiger partial charge in [0.15, 0.2) is 0 Å². The van der Waals surface area contributed by atoms with Gasteiger partial charge in [-0.05, 0) is 32.2 Å². The second-order valence-corrected chi connectivity index (χ2v) is 5.50. The first-order valence-corrected chi connectivity index (χ1v) is 7.06. The van der Waals surface area contributed by atoms with E-state index in [1.54, 1.807) is 0 Å². The van der Waals surface area contributed by atoms with E-state index < -0.39 is 0 Å². The molecule has 0 aromatic carbocycles. The van der Waals surface area contributed by atoms with Crippen molar-refractivity contribution in [1.82, 2.24) is 20.4 Å². The highest BCUT2D eigenvalue weighted by atomic mass is 15.4. The van der Waals surface area contributed by atoms with Crippen molar-refractivity contribution in [1.29, 1.82) is 0 Å². The molecule has 0 aliphatic carbocycles. The van der Waals surface area contributed by atoms with Crippen LogP contribution in [0.15, 0.2) is 12.3 Å². The number of rotatable bonds is 4. The van der Waals surface area contributed by atoms with Gasteiger partial charge in [0.05, 0.1) is 12.2 Å². The highest BCUT2D eigenvalue weighted by Crippen LogP contribution is 2.20. The first-order chi connectivity index (χ1) is 8.84. The quantitative estimate of drug-likeness (QED) is 0.740. The van der Waals surface area contributed by atoms with Crippen LogP contribution < -0.4 is 16.0 Å². The van der Waals surface area contributed by atoms with E-state index in [0.29, 0.717) is 12.1 Å². The Bertz CT molecular complexity index is 384. The molecule has 2 saturated heterocycles. The monoisotopic (exact) mass is 249 g/mol. The lowest BCUT2D eigenvalue weighted by atomic mass is 9.92. The molecule has 2 fully saturated rings. The Labute approximate surface area is 108 Å². The van der Waals surface area contributed by atoms with E-state index in [2.05, 4.69) is 38.7 Å². The molecule has 1 aromatic rings. The molecule has 0 amide bonds. The fourth-order valence-electron chi connectivity index (χ4n) is 2.82. The average Bonchev–Trinajstić information content (AvgIpc) is 2.74. The van der Waals surface area contributed by atoms with Gasteiger partial charge < -0.3 is 16.0 Å². The third-order valence-corrected chi connectivity index (χ3v) is 4.25. The largest absolute Gasteiger partial charge is 0.370 e. The van der Waals surface area contributed by atoms with Crippen molar-refractivity contribution < 1.29 is 0 Å². The summed E-state index contributed by atoms with van der Waals surface area (Å²) >= 11 is 0. The molecule has 0 spiro atoms. The van der Waals surface area contributed by atoms with Crippen LogP contribution in [0.2, 0.25) is 0 Å². The van der Waals surface area contributed by atoms with Gasteiger partial charge in [-0.2, -0.15) is 5.10 Å². The Morgan fingerprint density at radius 1 is 1.50 bits per heavy atom. The maximum atomic E-state index is 4.42. The van der Waals surface area contributed by atoms with Crippen molar-refractivity contribution in [2.75, 3.05) is 31.5 Å². The van der Waals surface area contributed by atoms with Gasteiger partial charge in [0.25, 0.3) is 0 Å². The van der Waals surface area contributed by atoms with Crippen molar-refractivity contribution in [2.24, 2.45) is 5.92 Å². The van der Waals surface area contributed by atoms with Gasteiger partial charge in [0.2, 0.25) is 0 Å². The molecular weight excluding hydrogens is 226 g/mol. The zero-order valence-corrected chi connectivity index (χ0v) is 11.0. The van der Waals surface area contributed by atoms with E-state index in [1.807, 2.05) is 6.20 Å². The lowest BCUT2D eigenvalue weighted by Crippen LogP contribution is -2.44. The average molecular weight is 249 g/mol. The molecule has 2 aliphatic rings. The predicted octanol–water partition coefficient (Wildman–Crippen LogP) is 0.827. The minimum atomic E-state index is 0.532. The first-order valence-electron chi connectivity index (χ1n) is 7.06. The van der Waals surface area contributed by atoms with Crippen LogP contribution in [0.4, 0.5) is 5.82 Å². The molecule has 5 nitrogen and oxygen atoms in total. The van der Waals surface area contributed by atoms with Crippen LogP contribution in [0.25, 0.3) is 0 Å². The summed E-state index contributed by atoms with van der Waals surface area (Å²) in [7, 11) is 0. The second kappa shape index (κ2) is 5.28. The van der Waals surface area contributed by atoms with Crippen molar-refractivity contribution in [2.45, 2.75) is 31.8 Å². The lowest BCUT2D eigenvalue weighted by molar-refractivity contribution is 0.304. The number of nitrogens with zero attached hydrogens (tertiary/aromatic N) is 2. The topological polar surface area (TPSA) is 53.9 Å². The Hall–Kier alpha value is -1.07. The third-order valence-electron chi connectivity index (χ3n) is 4.25. The van der Waals surface area contributed by atoms with E-state index in [-0.39, 0.29) is 0 Å². The van der Waals surface area contributed by atoms with Crippen LogP contribution in [0, 0.1) is 5.92 Å². The molecule has 100 valence electrons. The van der Waals surface area contributed by atoms with Gasteiger partial charge in [-0.1, -0.05) is 0 Å². The highest BCUT2D eigenvalue weighted by Gasteiger charge is 2.23. The van der Waals surface area contributed by atoms with Gasteiger partial charge >= 0.3 is 0 Å². The molecule has 5 heteroatoms. The minimum Gasteiger partial charge on any atom is -0.370 e. The molecule has 3 heterocycles. The molecule has 0 saturated carbocycles. The fraction of sp³-hybridized carbons (Fsp3) is 0.769. The SMILES string of the molecule is C[C@H]1NCCC[C@H]1CNc1ccnn1C1CNC1. The van der Waals surface area contributed by atoms with E-state index in [0.717, 1.165) is 25.6 Å². The summed E-state index contributed by atoms with van der Waals surface area (Å²) in [5.74, 6) is 1.89. The molecule has 0 unspecified atom stereocenters. The standard InChI is InChI=1S/C13H23N5/c1-10-11(3-2-5-15-10)7-16-13-4-6-17-18(13)12-8-14-9-12/h4,6,10-12,14-16H,2-3,5,7-9H2,1H3/t10-,11+/m1/s1. The molecule has 0 bridgehead atoms. The van der Waals surface area contributed by atoms with E-state index in [4.69, 9.17) is 0 Å². The number of anilines is 1. The van der Waals surface area contributed by atoms with Crippen molar-refractivity contribution in [3.05, 3.63) is 12.3 Å². The maximum Gasteiger partial charge on any atom is 0.124 e. The molecule has 0 radical (unpaired) electrons. The highest BCUT2D eigenvalue weighted by molar-refractivity contribution is 5.35. The molecule has 3 rings (SSSR count). The number of nitrogens with one attached hydrogen (secondary N) is 3. The fourth-order valence-corrected chi connectivity index (χ4v) is 2.82. The van der Waals surface area contributed by atoms with Crippen LogP contribution in [0.3, 0.4) is 0 Å². The van der Waals surface area contributed by atoms with Crippen molar-refractivity contribution in [3.8, 4) is 0 Å². The molecule has 2 atom stereocenters. The predicted molar refractivity (Wildman–Crippen MR) is 72.8 cm³/mol. The van der Waals surface area contributed by atoms with Crippen molar-refractivity contribution >= 4 is 5.82 Å². The van der Waals surface area contributed by atoms with Gasteiger partial charge in [0, 0.05) is 31.7 Å². The summed E-state index contributed by atoms with van der Waals surface area (Å²) in [5, 5.41) is 14.8. The molecule has 3 N–H and O–H groups in total. The van der Waals surface area contributed by atoms with Gasteiger partial charge in [-0.25, -0.2) is 4.68 Å². The summed E-state index contributed by atoms with van der Waals surface area (Å²) in [6.45, 7) is 6.58. The zero-order valence-electron chi connectivity index (χ0n) is 11.0. The zero-order chi connectivity index (χ0) is 12.4. The van der Waals surface area contributed by atoms with E-state index >= 15 is 0 Å². The summed E-state index contributed by atoms with van der Waals surface area (Å²) in [6, 6.07) is 3.23. The van der Waals surface area contributed by atoms with Gasteiger partial charge in [-0.15, -0.1) is 0 Å². The molecule has 1 aromatic heterocycles. The van der Waals surface area contributed by atoms with Crippen LogP contribution in [0.5, 0.6) is 0 Å². The first kappa shape index (κ1) is 12.0.